The normalized spacial score (nSPS) is 18.0. The zero-order valence-electron chi connectivity index (χ0n) is 10.9. The minimum atomic E-state index is -0.280. The van der Waals surface area contributed by atoms with Gasteiger partial charge in [0.25, 0.3) is 0 Å². The van der Waals surface area contributed by atoms with Crippen LogP contribution in [0.15, 0.2) is 56.4 Å². The minimum absolute atomic E-state index is 0.0411. The second-order valence-corrected chi connectivity index (χ2v) is 6.42. The molecule has 108 valence electrons. The van der Waals surface area contributed by atoms with Gasteiger partial charge in [0, 0.05) is 4.47 Å². The van der Waals surface area contributed by atoms with Crippen molar-refractivity contribution < 1.29 is 4.39 Å². The Balaban J connectivity index is 2.03. The summed E-state index contributed by atoms with van der Waals surface area (Å²) in [4.78, 5) is 6.30. The summed E-state index contributed by atoms with van der Waals surface area (Å²) >= 11 is 6.77. The molecule has 1 aliphatic rings. The third-order valence-corrected chi connectivity index (χ3v) is 4.70. The lowest BCUT2D eigenvalue weighted by Gasteiger charge is -2.27. The van der Waals surface area contributed by atoms with Crippen LogP contribution in [0.3, 0.4) is 0 Å². The first kappa shape index (κ1) is 14.5. The average Bonchev–Trinajstić information content (AvgIpc) is 2.84. The van der Waals surface area contributed by atoms with Crippen molar-refractivity contribution in [2.75, 3.05) is 11.4 Å². The molecule has 3 nitrogen and oxygen atoms in total. The molecule has 0 saturated heterocycles. The molecule has 6 heteroatoms. The van der Waals surface area contributed by atoms with Gasteiger partial charge >= 0.3 is 0 Å². The Morgan fingerprint density at radius 2 is 1.90 bits per heavy atom. The maximum atomic E-state index is 13.4. The molecule has 0 spiro atoms. The van der Waals surface area contributed by atoms with Gasteiger partial charge in [0.15, 0.2) is 5.96 Å². The smallest absolute Gasteiger partial charge is 0.196 e. The third-order valence-electron chi connectivity index (χ3n) is 3.43. The van der Waals surface area contributed by atoms with E-state index < -0.39 is 0 Å². The highest BCUT2D eigenvalue weighted by Crippen LogP contribution is 2.36. The minimum Gasteiger partial charge on any atom is -0.369 e. The highest BCUT2D eigenvalue weighted by molar-refractivity contribution is 9.10. The fraction of sp³-hybridized carbons (Fsp3) is 0.133. The van der Waals surface area contributed by atoms with Gasteiger partial charge in [-0.1, -0.05) is 18.2 Å². The van der Waals surface area contributed by atoms with E-state index in [-0.39, 0.29) is 11.9 Å². The summed E-state index contributed by atoms with van der Waals surface area (Å²) in [5.41, 5.74) is 7.95. The van der Waals surface area contributed by atoms with Crippen LogP contribution in [0.4, 0.5) is 10.1 Å². The second kappa shape index (κ2) is 5.77. The Labute approximate surface area is 138 Å². The van der Waals surface area contributed by atoms with Crippen LogP contribution in [-0.4, -0.2) is 12.5 Å². The van der Waals surface area contributed by atoms with E-state index in [9.17, 15) is 4.39 Å². The molecule has 1 atom stereocenters. The largest absolute Gasteiger partial charge is 0.369 e. The molecule has 2 aromatic rings. The molecule has 3 rings (SSSR count). The lowest BCUT2D eigenvalue weighted by molar-refractivity contribution is 0.618. The molecule has 0 fully saturated rings. The number of benzene rings is 2. The Hall–Kier alpha value is -1.40. The number of aliphatic imine (C=N–C) groups is 1. The molecule has 0 saturated carbocycles. The lowest BCUT2D eigenvalue weighted by atomic mass is 10.1. The SMILES string of the molecule is NC1=NCC(c2ccc(F)c(Br)c2)N1c1ccccc1Br. The van der Waals surface area contributed by atoms with Crippen LogP contribution in [0, 0.1) is 5.82 Å². The number of halogens is 3. The quantitative estimate of drug-likeness (QED) is 0.801. The van der Waals surface area contributed by atoms with E-state index in [0.717, 1.165) is 15.7 Å². The molecule has 0 aliphatic carbocycles. The van der Waals surface area contributed by atoms with Crippen LogP contribution in [0.5, 0.6) is 0 Å². The molecular weight excluding hydrogens is 401 g/mol. The van der Waals surface area contributed by atoms with E-state index in [1.807, 2.05) is 29.2 Å². The van der Waals surface area contributed by atoms with E-state index in [4.69, 9.17) is 5.73 Å². The van der Waals surface area contributed by atoms with Crippen LogP contribution >= 0.6 is 31.9 Å². The fourth-order valence-electron chi connectivity index (χ4n) is 2.41. The average molecular weight is 413 g/mol. The molecule has 1 heterocycles. The predicted molar refractivity (Wildman–Crippen MR) is 90.0 cm³/mol. The lowest BCUT2D eigenvalue weighted by Crippen LogP contribution is -2.36. The van der Waals surface area contributed by atoms with Crippen LogP contribution in [0.2, 0.25) is 0 Å². The van der Waals surface area contributed by atoms with Crippen molar-refractivity contribution in [3.63, 3.8) is 0 Å². The van der Waals surface area contributed by atoms with Crippen molar-refractivity contribution in [1.29, 1.82) is 0 Å². The topological polar surface area (TPSA) is 41.6 Å². The van der Waals surface area contributed by atoms with E-state index in [2.05, 4.69) is 36.9 Å². The van der Waals surface area contributed by atoms with E-state index in [1.165, 1.54) is 6.07 Å². The number of anilines is 1. The first-order chi connectivity index (χ1) is 10.1. The van der Waals surface area contributed by atoms with E-state index >= 15 is 0 Å². The van der Waals surface area contributed by atoms with Gasteiger partial charge in [0.1, 0.15) is 5.82 Å². The number of hydrogen-bond acceptors (Lipinski definition) is 3. The predicted octanol–water partition coefficient (Wildman–Crippen LogP) is 4.23. The van der Waals surface area contributed by atoms with Gasteiger partial charge < -0.3 is 10.6 Å². The van der Waals surface area contributed by atoms with Crippen molar-refractivity contribution in [2.24, 2.45) is 10.7 Å². The van der Waals surface area contributed by atoms with Gasteiger partial charge in [-0.3, -0.25) is 4.99 Å². The zero-order chi connectivity index (χ0) is 15.0. The third kappa shape index (κ3) is 2.70. The monoisotopic (exact) mass is 411 g/mol. The fourth-order valence-corrected chi connectivity index (χ4v) is 3.28. The van der Waals surface area contributed by atoms with Gasteiger partial charge in [0.05, 0.1) is 22.7 Å². The zero-order valence-corrected chi connectivity index (χ0v) is 14.1. The maximum absolute atomic E-state index is 13.4. The Morgan fingerprint density at radius 3 is 2.62 bits per heavy atom. The molecule has 1 aliphatic heterocycles. The van der Waals surface area contributed by atoms with Gasteiger partial charge in [-0.05, 0) is 61.7 Å². The van der Waals surface area contributed by atoms with Crippen LogP contribution in [0.1, 0.15) is 11.6 Å². The van der Waals surface area contributed by atoms with E-state index in [0.29, 0.717) is 17.0 Å². The Morgan fingerprint density at radius 1 is 1.14 bits per heavy atom. The molecule has 0 radical (unpaired) electrons. The summed E-state index contributed by atoms with van der Waals surface area (Å²) in [5.74, 6) is 0.186. The number of para-hydroxylation sites is 1. The van der Waals surface area contributed by atoms with Crippen molar-refractivity contribution >= 4 is 43.5 Å². The second-order valence-electron chi connectivity index (χ2n) is 4.71. The number of hydrogen-bond donors (Lipinski definition) is 1. The molecule has 0 bridgehead atoms. The van der Waals surface area contributed by atoms with E-state index in [1.54, 1.807) is 12.1 Å². The maximum Gasteiger partial charge on any atom is 0.196 e. The Kier molecular flexibility index (Phi) is 3.99. The Bertz CT molecular complexity index is 718. The number of nitrogens with two attached hydrogens (primary N) is 1. The summed E-state index contributed by atoms with van der Waals surface area (Å²) in [6, 6.07) is 12.8. The van der Waals surface area contributed by atoms with Crippen molar-refractivity contribution in [3.05, 3.63) is 62.8 Å². The number of guanidine groups is 1. The summed E-state index contributed by atoms with van der Waals surface area (Å²) in [6.45, 7) is 0.547. The molecule has 0 amide bonds. The number of rotatable bonds is 2. The summed E-state index contributed by atoms with van der Waals surface area (Å²) < 4.78 is 14.8. The molecule has 0 aromatic heterocycles. The number of nitrogens with zero attached hydrogens (tertiary/aromatic N) is 2. The first-order valence-electron chi connectivity index (χ1n) is 6.36. The molecule has 2 aromatic carbocycles. The highest BCUT2D eigenvalue weighted by Gasteiger charge is 2.30. The summed E-state index contributed by atoms with van der Waals surface area (Å²) in [5, 5.41) is 0. The molecular formula is C15H12Br2FN3. The van der Waals surface area contributed by atoms with Crippen LogP contribution in [0.25, 0.3) is 0 Å². The van der Waals surface area contributed by atoms with Crippen LogP contribution in [-0.2, 0) is 0 Å². The van der Waals surface area contributed by atoms with Gasteiger partial charge in [-0.15, -0.1) is 0 Å². The summed E-state index contributed by atoms with van der Waals surface area (Å²) in [6.07, 6.45) is 0. The first-order valence-corrected chi connectivity index (χ1v) is 7.95. The molecule has 2 N–H and O–H groups in total. The van der Waals surface area contributed by atoms with Crippen molar-refractivity contribution in [3.8, 4) is 0 Å². The van der Waals surface area contributed by atoms with Gasteiger partial charge in [0.2, 0.25) is 0 Å². The summed E-state index contributed by atoms with van der Waals surface area (Å²) in [7, 11) is 0. The van der Waals surface area contributed by atoms with Crippen molar-refractivity contribution in [1.82, 2.24) is 0 Å². The highest BCUT2D eigenvalue weighted by atomic mass is 79.9. The van der Waals surface area contributed by atoms with Gasteiger partial charge in [-0.25, -0.2) is 4.39 Å². The van der Waals surface area contributed by atoms with Gasteiger partial charge in [-0.2, -0.15) is 0 Å². The molecule has 21 heavy (non-hydrogen) atoms. The molecule has 1 unspecified atom stereocenters. The standard InChI is InChI=1S/C15H12Br2FN3/c16-10-3-1-2-4-13(10)21-14(8-20-15(21)19)9-5-6-12(18)11(17)7-9/h1-7,14H,8H2,(H2,19,20). The van der Waals surface area contributed by atoms with Crippen LogP contribution < -0.4 is 10.6 Å². The van der Waals surface area contributed by atoms with Crippen molar-refractivity contribution in [2.45, 2.75) is 6.04 Å².